The number of likely N-dealkylation sites (tertiary alicyclic amines) is 1. The molecule has 128 valence electrons. The molecular weight excluding hydrogens is 330 g/mol. The van der Waals surface area contributed by atoms with E-state index >= 15 is 0 Å². The zero-order valence-electron chi connectivity index (χ0n) is 13.4. The van der Waals surface area contributed by atoms with Crippen LogP contribution in [0.15, 0.2) is 22.6 Å². The fourth-order valence-electron chi connectivity index (χ4n) is 3.31. The number of hydrogen-bond donors (Lipinski definition) is 0. The van der Waals surface area contributed by atoms with Gasteiger partial charge < -0.3 is 19.0 Å². The molecule has 0 radical (unpaired) electrons. The molecule has 0 bridgehead atoms. The van der Waals surface area contributed by atoms with Gasteiger partial charge in [-0.25, -0.2) is 0 Å². The van der Waals surface area contributed by atoms with Crippen molar-refractivity contribution in [2.45, 2.75) is 25.4 Å². The van der Waals surface area contributed by atoms with Crippen molar-refractivity contribution in [1.82, 2.24) is 9.88 Å². The Bertz CT molecular complexity index is 742. The molecule has 0 saturated carbocycles. The molecule has 1 unspecified atom stereocenters. The molecule has 7 heteroatoms. The normalized spacial score (nSPS) is 22.1. The van der Waals surface area contributed by atoms with Crippen LogP contribution in [0.2, 0.25) is 5.02 Å². The van der Waals surface area contributed by atoms with Crippen LogP contribution < -0.4 is 4.90 Å². The predicted molar refractivity (Wildman–Crippen MR) is 91.4 cm³/mol. The summed E-state index contributed by atoms with van der Waals surface area (Å²) < 4.78 is 11.5. The summed E-state index contributed by atoms with van der Waals surface area (Å²) in [7, 11) is 0. The zero-order valence-corrected chi connectivity index (χ0v) is 14.2. The van der Waals surface area contributed by atoms with E-state index in [9.17, 15) is 4.79 Å². The molecule has 2 fully saturated rings. The van der Waals surface area contributed by atoms with Gasteiger partial charge in [0.1, 0.15) is 5.52 Å². The highest BCUT2D eigenvalue weighted by Gasteiger charge is 2.32. The van der Waals surface area contributed by atoms with Gasteiger partial charge in [-0.05, 0) is 31.4 Å². The van der Waals surface area contributed by atoms with Crippen LogP contribution in [-0.4, -0.2) is 54.7 Å². The fourth-order valence-corrected chi connectivity index (χ4v) is 3.47. The molecule has 0 N–H and O–H groups in total. The smallest absolute Gasteiger partial charge is 0.298 e. The molecular formula is C17H20ClN3O3. The highest BCUT2D eigenvalue weighted by Crippen LogP contribution is 2.26. The third-order valence-corrected chi connectivity index (χ3v) is 4.85. The fraction of sp³-hybridized carbons (Fsp3) is 0.529. The molecule has 1 aromatic carbocycles. The molecule has 3 heterocycles. The first kappa shape index (κ1) is 15.7. The maximum atomic E-state index is 12.7. The summed E-state index contributed by atoms with van der Waals surface area (Å²) in [4.78, 5) is 21.1. The van der Waals surface area contributed by atoms with Crippen LogP contribution in [0, 0.1) is 0 Å². The van der Waals surface area contributed by atoms with Gasteiger partial charge in [-0.2, -0.15) is 4.98 Å². The van der Waals surface area contributed by atoms with E-state index < -0.39 is 6.10 Å². The molecule has 1 amide bonds. The third kappa shape index (κ3) is 3.08. The van der Waals surface area contributed by atoms with Gasteiger partial charge in [0, 0.05) is 30.7 Å². The molecule has 4 rings (SSSR count). The minimum Gasteiger partial charge on any atom is -0.423 e. The number of halogens is 1. The second-order valence-electron chi connectivity index (χ2n) is 6.30. The third-order valence-electron chi connectivity index (χ3n) is 4.62. The van der Waals surface area contributed by atoms with Crippen molar-refractivity contribution in [3.8, 4) is 0 Å². The Morgan fingerprint density at radius 3 is 2.88 bits per heavy atom. The van der Waals surface area contributed by atoms with E-state index in [0.29, 0.717) is 36.3 Å². The lowest BCUT2D eigenvalue weighted by Crippen LogP contribution is -2.52. The van der Waals surface area contributed by atoms with Gasteiger partial charge >= 0.3 is 0 Å². The second kappa shape index (κ2) is 6.61. The highest BCUT2D eigenvalue weighted by atomic mass is 35.5. The number of fused-ring (bicyclic) bond motifs is 1. The molecule has 1 atom stereocenters. The van der Waals surface area contributed by atoms with Gasteiger partial charge in [0.25, 0.3) is 11.9 Å². The monoisotopic (exact) mass is 349 g/mol. The average Bonchev–Trinajstić information content (AvgIpc) is 3.05. The quantitative estimate of drug-likeness (QED) is 0.834. The number of nitrogens with zero attached hydrogens (tertiary/aromatic N) is 3. The van der Waals surface area contributed by atoms with E-state index in [-0.39, 0.29) is 5.91 Å². The summed E-state index contributed by atoms with van der Waals surface area (Å²) in [6, 6.07) is 5.90. The van der Waals surface area contributed by atoms with Gasteiger partial charge in [-0.3, -0.25) is 4.79 Å². The summed E-state index contributed by atoms with van der Waals surface area (Å²) >= 11 is 5.99. The van der Waals surface area contributed by atoms with Crippen LogP contribution >= 0.6 is 11.6 Å². The lowest BCUT2D eigenvalue weighted by Gasteiger charge is -2.35. The first-order valence-electron chi connectivity index (χ1n) is 8.42. The number of rotatable bonds is 2. The van der Waals surface area contributed by atoms with E-state index in [1.165, 1.54) is 6.42 Å². The molecule has 6 nitrogen and oxygen atoms in total. The van der Waals surface area contributed by atoms with Gasteiger partial charge in [-0.15, -0.1) is 0 Å². The lowest BCUT2D eigenvalue weighted by molar-refractivity contribution is -0.145. The van der Waals surface area contributed by atoms with Crippen molar-refractivity contribution in [3.63, 3.8) is 0 Å². The zero-order chi connectivity index (χ0) is 16.5. The number of amides is 1. The summed E-state index contributed by atoms with van der Waals surface area (Å²) in [6.07, 6.45) is 2.91. The number of piperidine rings is 1. The molecule has 2 aliphatic heterocycles. The van der Waals surface area contributed by atoms with Crippen LogP contribution in [0.1, 0.15) is 19.3 Å². The molecule has 2 aliphatic rings. The first-order valence-corrected chi connectivity index (χ1v) is 8.80. The molecule has 24 heavy (non-hydrogen) atoms. The van der Waals surface area contributed by atoms with E-state index in [4.69, 9.17) is 20.8 Å². The number of hydrogen-bond acceptors (Lipinski definition) is 5. The van der Waals surface area contributed by atoms with Gasteiger partial charge in [0.05, 0.1) is 13.2 Å². The van der Waals surface area contributed by atoms with Crippen molar-refractivity contribution in [2.24, 2.45) is 0 Å². The number of oxazole rings is 1. The van der Waals surface area contributed by atoms with E-state index in [0.717, 1.165) is 31.4 Å². The molecule has 2 aromatic rings. The first-order chi connectivity index (χ1) is 11.7. The number of anilines is 1. The van der Waals surface area contributed by atoms with E-state index in [2.05, 4.69) is 4.98 Å². The number of ether oxygens (including phenoxy) is 1. The molecule has 0 spiro atoms. The highest BCUT2D eigenvalue weighted by molar-refractivity contribution is 6.31. The summed E-state index contributed by atoms with van der Waals surface area (Å²) in [5, 5.41) is 0.616. The Hall–Kier alpha value is -1.79. The average molecular weight is 350 g/mol. The summed E-state index contributed by atoms with van der Waals surface area (Å²) in [6.45, 7) is 3.28. The van der Waals surface area contributed by atoms with Crippen LogP contribution in [0.4, 0.5) is 6.01 Å². The Labute approximate surface area is 145 Å². The minimum absolute atomic E-state index is 0.0820. The van der Waals surface area contributed by atoms with Crippen molar-refractivity contribution in [3.05, 3.63) is 23.2 Å². The Kier molecular flexibility index (Phi) is 4.33. The van der Waals surface area contributed by atoms with Crippen molar-refractivity contribution in [2.75, 3.05) is 37.7 Å². The van der Waals surface area contributed by atoms with E-state index in [1.807, 2.05) is 15.9 Å². The number of benzene rings is 1. The van der Waals surface area contributed by atoms with Crippen molar-refractivity contribution in [1.29, 1.82) is 0 Å². The Balaban J connectivity index is 1.50. The number of carbonyl (C=O) groups excluding carboxylic acids is 1. The molecule has 0 aliphatic carbocycles. The number of carbonyl (C=O) groups is 1. The maximum absolute atomic E-state index is 12.7. The second-order valence-corrected chi connectivity index (χ2v) is 6.74. The van der Waals surface area contributed by atoms with E-state index in [1.54, 1.807) is 12.1 Å². The standard InChI is InChI=1S/C17H20ClN3O3/c18-12-4-5-13-14(10-12)24-17(19-13)21-8-9-23-15(11-21)16(22)20-6-2-1-3-7-20/h4-5,10,15H,1-3,6-9,11H2. The van der Waals surface area contributed by atoms with Gasteiger partial charge in [-0.1, -0.05) is 11.6 Å². The topological polar surface area (TPSA) is 58.8 Å². The van der Waals surface area contributed by atoms with Crippen LogP contribution in [0.3, 0.4) is 0 Å². The summed E-state index contributed by atoms with van der Waals surface area (Å²) in [5.74, 6) is 0.0820. The molecule has 2 saturated heterocycles. The number of aromatic nitrogens is 1. The van der Waals surface area contributed by atoms with Crippen molar-refractivity contribution < 1.29 is 13.9 Å². The molecule has 1 aromatic heterocycles. The van der Waals surface area contributed by atoms with Crippen LogP contribution in [0.25, 0.3) is 11.1 Å². The van der Waals surface area contributed by atoms with Gasteiger partial charge in [0.2, 0.25) is 0 Å². The Morgan fingerprint density at radius 1 is 1.21 bits per heavy atom. The summed E-state index contributed by atoms with van der Waals surface area (Å²) in [5.41, 5.74) is 1.42. The largest absolute Gasteiger partial charge is 0.423 e. The predicted octanol–water partition coefficient (Wildman–Crippen LogP) is 2.70. The van der Waals surface area contributed by atoms with Gasteiger partial charge in [0.15, 0.2) is 11.7 Å². The number of morpholine rings is 1. The van der Waals surface area contributed by atoms with Crippen molar-refractivity contribution >= 4 is 34.6 Å². The van der Waals surface area contributed by atoms with Crippen LogP contribution in [0.5, 0.6) is 0 Å². The Morgan fingerprint density at radius 2 is 2.04 bits per heavy atom. The maximum Gasteiger partial charge on any atom is 0.298 e. The lowest BCUT2D eigenvalue weighted by atomic mass is 10.1. The minimum atomic E-state index is -0.449. The van der Waals surface area contributed by atoms with Crippen LogP contribution in [-0.2, 0) is 9.53 Å². The SMILES string of the molecule is O=C(C1CN(c2nc3ccc(Cl)cc3o2)CCO1)N1CCCCC1.